The topological polar surface area (TPSA) is 525 Å². The number of halogens is 1. The minimum atomic E-state index is -2.97. The number of amides is 9. The SMILES string of the molecule is CCCCCCCCCC(=O)NC(=O)C[C@@H]1NC(=O)[C@H](NC(=O)[C@@H](CC(C)C)NC)[C@H](O)c2ccc(c(Cl)c2)Oc2cc3cc(c2O[C@@H]2O[C@H](CO)[C@@H](O)[C@H](O)[C@H]2O[C@H]2C[C@](C)(N)[C@H](O)[C@H](C)O2)Oc2ccc(cc2)[C@@H](O)[C@@H]2NC(=O)[C@H](NC(=O)[C@@H]3NC1=O)c1ccc3c(c1)-c1c(cc(O)cc1C3(O)O)[C@@H](C(=O)NC1C3CC4CC(C3)CC1C4)NC2=O. The van der Waals surface area contributed by atoms with Crippen LogP contribution in [0.25, 0.3) is 11.1 Å². The van der Waals surface area contributed by atoms with Crippen molar-refractivity contribution in [1.82, 2.24) is 47.9 Å². The van der Waals surface area contributed by atoms with E-state index in [4.69, 9.17) is 45.8 Å². The molecule has 18 atom stereocenters. The Morgan fingerprint density at radius 2 is 1.32 bits per heavy atom. The summed E-state index contributed by atoms with van der Waals surface area (Å²) >= 11 is 7.22. The van der Waals surface area contributed by atoms with Gasteiger partial charge < -0.3 is 123 Å². The molecule has 7 heterocycles. The van der Waals surface area contributed by atoms with Crippen LogP contribution in [0.2, 0.25) is 5.02 Å². The van der Waals surface area contributed by atoms with E-state index in [1.807, 2.05) is 13.8 Å². The third-order valence-electron chi connectivity index (χ3n) is 25.3. The standard InChI is InChI=1S/C87H109ClN10O24/c1-7-8-9-10-11-12-13-14-61(101)92-62(102)35-56-79(109)94-67-47-31-58(75(122-85-76(74(106)73(105)60(37-99)120-85)121-63-36-86(5,89)77(107)39(4)117-63)59(32-47)119-57-22-18-44(30-54(57)88)72(104)70(83(113)91-56)97-78(108)55(90-6)23-38(2)3)118-49-19-15-42(16-20-49)71(103)69-84(114)96-68(82(112)93-65-45-25-40-24-41(27-45)28-46(65)26-40)51-33-48(100)34-53-64(51)50-29-43(17-21-52(50)87(53,115)116)66(80(110)98-69)95-81(67)111/h15-22,29-34,38-41,45-46,55-56,60,63,65-74,76-77,85,90,99-100,103-107,115-116H,7-14,23-28,35-37,89H2,1-6H3,(H,91,113)(H,93,112)(H,94,109)(H,95,111)(H,96,114)(H,97,108)(H,98,110)(H,92,101,102)/t39-,40?,41?,45?,46?,55+,56-,60+,63-,65?,66+,67+,68-,69-,70+,71+,72+,73+,74-,76+,77+,85-,86-/m0/s1. The average Bonchev–Trinajstić information content (AvgIpc) is 1.55. The normalized spacial score (nSPS) is 31.5. The van der Waals surface area contributed by atoms with Crippen molar-refractivity contribution in [2.24, 2.45) is 35.3 Å². The van der Waals surface area contributed by atoms with Crippen molar-refractivity contribution < 1.29 is 118 Å². The molecule has 6 fully saturated rings. The van der Waals surface area contributed by atoms with Crippen LogP contribution in [0, 0.1) is 29.6 Å². The van der Waals surface area contributed by atoms with E-state index in [1.54, 1.807) is 0 Å². The van der Waals surface area contributed by atoms with E-state index >= 15 is 28.8 Å². The molecule has 20 N–H and O–H groups in total. The summed E-state index contributed by atoms with van der Waals surface area (Å²) in [6.07, 6.45) is -8.16. The third kappa shape index (κ3) is 18.7. The number of nitrogens with one attached hydrogen (secondary N) is 9. The molecule has 17 rings (SSSR count). The number of carbonyl (C=O) groups excluding carboxylic acids is 9. The van der Waals surface area contributed by atoms with Gasteiger partial charge in [0.25, 0.3) is 0 Å². The molecule has 34 nitrogen and oxygen atoms in total. The van der Waals surface area contributed by atoms with E-state index in [-0.39, 0.29) is 104 Å². The van der Waals surface area contributed by atoms with Crippen LogP contribution >= 0.6 is 11.6 Å². The average molecular weight is 1710 g/mol. The first-order valence-corrected chi connectivity index (χ1v) is 42.4. The van der Waals surface area contributed by atoms with E-state index in [0.717, 1.165) is 82.4 Å². The van der Waals surface area contributed by atoms with Gasteiger partial charge in [-0.05, 0) is 189 Å². The second kappa shape index (κ2) is 36.7. The zero-order valence-corrected chi connectivity index (χ0v) is 69.2. The summed E-state index contributed by atoms with van der Waals surface area (Å²) in [6.45, 7) is 7.86. The molecule has 5 aromatic rings. The molecule has 658 valence electrons. The Morgan fingerprint density at radius 1 is 0.672 bits per heavy atom. The highest BCUT2D eigenvalue weighted by atomic mass is 35.5. The summed E-state index contributed by atoms with van der Waals surface area (Å²) in [6, 6.07) is 3.02. The van der Waals surface area contributed by atoms with Gasteiger partial charge in [0.05, 0.1) is 36.3 Å². The van der Waals surface area contributed by atoms with Crippen molar-refractivity contribution in [3.05, 3.63) is 129 Å². The monoisotopic (exact) mass is 1710 g/mol. The lowest BCUT2D eigenvalue weighted by atomic mass is 9.54. The lowest BCUT2D eigenvalue weighted by molar-refractivity contribution is -0.333. The van der Waals surface area contributed by atoms with E-state index < -0.39 is 210 Å². The summed E-state index contributed by atoms with van der Waals surface area (Å²) in [7, 11) is 1.50. The summed E-state index contributed by atoms with van der Waals surface area (Å²) in [5, 5.41) is 131. The van der Waals surface area contributed by atoms with Gasteiger partial charge >= 0.3 is 0 Å². The van der Waals surface area contributed by atoms with E-state index in [2.05, 4.69) is 54.8 Å². The Kier molecular flexibility index (Phi) is 26.7. The van der Waals surface area contributed by atoms with E-state index in [9.17, 15) is 60.3 Å². The van der Waals surface area contributed by atoms with Crippen molar-refractivity contribution >= 4 is 64.8 Å². The number of phenolic OH excluding ortho intramolecular Hbond substituents is 1. The fourth-order valence-electron chi connectivity index (χ4n) is 19.1. The maximum absolute atomic E-state index is 16.6. The number of hydrogen-bond acceptors (Lipinski definition) is 26. The molecule has 12 aliphatic rings. The Balaban J connectivity index is 0.949. The third-order valence-corrected chi connectivity index (χ3v) is 25.6. The fraction of sp³-hybridized carbons (Fsp3) is 0.552. The number of likely N-dealkylation sites (N-methyl/N-ethyl adjacent to an activating group) is 1. The molecule has 5 aromatic carbocycles. The first kappa shape index (κ1) is 88.8. The van der Waals surface area contributed by atoms with E-state index in [1.165, 1.54) is 87.6 Å². The lowest BCUT2D eigenvalue weighted by Gasteiger charge is -2.54. The molecule has 2 saturated heterocycles. The highest BCUT2D eigenvalue weighted by Gasteiger charge is 2.54. The number of benzene rings is 5. The molecule has 0 radical (unpaired) electrons. The van der Waals surface area contributed by atoms with Gasteiger partial charge in [0.1, 0.15) is 84.0 Å². The maximum atomic E-state index is 16.6. The summed E-state index contributed by atoms with van der Waals surface area (Å²) < 4.78 is 39.2. The number of aliphatic hydroxyl groups is 8. The molecular weight excluding hydrogens is 1600 g/mol. The van der Waals surface area contributed by atoms with Crippen LogP contribution in [0.1, 0.15) is 207 Å². The summed E-state index contributed by atoms with van der Waals surface area (Å²) in [5.41, 5.74) is 3.42. The molecule has 35 heteroatoms. The molecule has 15 bridgehead atoms. The first-order valence-electron chi connectivity index (χ1n) is 42.1. The molecule has 0 aromatic heterocycles. The first-order chi connectivity index (χ1) is 58.1. The summed E-state index contributed by atoms with van der Waals surface area (Å²) in [5.74, 6) is -14.7. The summed E-state index contributed by atoms with van der Waals surface area (Å²) in [4.78, 5) is 138. The number of fused-ring (bicyclic) bond motifs is 12. The largest absolute Gasteiger partial charge is 0.508 e. The van der Waals surface area contributed by atoms with Crippen LogP contribution in [0.4, 0.5) is 0 Å². The van der Waals surface area contributed by atoms with Gasteiger partial charge in [0.2, 0.25) is 71.0 Å². The minimum absolute atomic E-state index is 0.0763. The van der Waals surface area contributed by atoms with Crippen LogP contribution in [0.3, 0.4) is 0 Å². The van der Waals surface area contributed by atoms with Crippen molar-refractivity contribution in [3.8, 4) is 45.6 Å². The Labute approximate surface area is 708 Å². The highest BCUT2D eigenvalue weighted by molar-refractivity contribution is 6.32. The fourth-order valence-corrected chi connectivity index (χ4v) is 19.4. The van der Waals surface area contributed by atoms with Crippen molar-refractivity contribution in [2.45, 2.75) is 258 Å². The second-order valence-corrected chi connectivity index (χ2v) is 35.2. The van der Waals surface area contributed by atoms with Crippen molar-refractivity contribution in [1.29, 1.82) is 0 Å². The minimum Gasteiger partial charge on any atom is -0.508 e. The number of nitrogens with two attached hydrogens (primary N) is 1. The predicted molar refractivity (Wildman–Crippen MR) is 434 cm³/mol. The van der Waals surface area contributed by atoms with Gasteiger partial charge in [-0.2, -0.15) is 0 Å². The molecule has 5 aliphatic carbocycles. The number of ether oxygens (including phenoxy) is 6. The molecule has 7 aliphatic heterocycles. The van der Waals surface area contributed by atoms with Crippen LogP contribution in [-0.2, 0) is 63.1 Å². The molecule has 9 amide bonds. The van der Waals surface area contributed by atoms with Gasteiger partial charge in [0.15, 0.2) is 23.9 Å². The van der Waals surface area contributed by atoms with Gasteiger partial charge in [-0.1, -0.05) is 101 Å². The second-order valence-electron chi connectivity index (χ2n) is 34.8. The Hall–Kier alpha value is -9.50. The van der Waals surface area contributed by atoms with Crippen LogP contribution in [0.5, 0.6) is 34.5 Å². The zero-order valence-electron chi connectivity index (χ0n) is 68.5. The predicted octanol–water partition coefficient (Wildman–Crippen LogP) is 3.70. The van der Waals surface area contributed by atoms with Gasteiger partial charge in [-0.3, -0.25) is 48.5 Å². The lowest BCUT2D eigenvalue weighted by Crippen LogP contribution is -2.64. The van der Waals surface area contributed by atoms with Gasteiger partial charge in [-0.15, -0.1) is 0 Å². The van der Waals surface area contributed by atoms with Crippen molar-refractivity contribution in [2.75, 3.05) is 13.7 Å². The molecular formula is C87H109ClN10O24. The quantitative estimate of drug-likeness (QED) is 0.0347. The number of aromatic hydroxyl groups is 1. The van der Waals surface area contributed by atoms with Crippen LogP contribution in [0.15, 0.2) is 84.9 Å². The van der Waals surface area contributed by atoms with Gasteiger partial charge in [-0.25, -0.2) is 0 Å². The highest BCUT2D eigenvalue weighted by Crippen LogP contribution is 2.56. The molecule has 0 spiro atoms. The number of hydrogen-bond donors (Lipinski definition) is 19. The van der Waals surface area contributed by atoms with Gasteiger partial charge in [0, 0.05) is 35.5 Å². The number of unbranched alkanes of at least 4 members (excludes halogenated alkanes) is 6. The maximum Gasteiger partial charge on any atom is 0.248 e. The molecule has 122 heavy (non-hydrogen) atoms. The Morgan fingerprint density at radius 3 is 1.98 bits per heavy atom. The molecule has 0 unspecified atom stereocenters. The number of imide groups is 1. The smallest absolute Gasteiger partial charge is 0.248 e. The van der Waals surface area contributed by atoms with Crippen LogP contribution < -0.4 is 67.8 Å². The number of aliphatic hydroxyl groups excluding tert-OH is 6. The van der Waals surface area contributed by atoms with Crippen LogP contribution in [-0.4, -0.2) is 198 Å². The molecule has 4 saturated carbocycles. The number of carbonyl (C=O) groups is 9. The zero-order chi connectivity index (χ0) is 87.2. The number of rotatable bonds is 22. The Bertz CT molecular complexity index is 4770. The van der Waals surface area contributed by atoms with Crippen molar-refractivity contribution in [3.63, 3.8) is 0 Å². The van der Waals surface area contributed by atoms with E-state index in [0.29, 0.717) is 24.7 Å². The number of phenols is 1.